The zero-order valence-corrected chi connectivity index (χ0v) is 12.7. The van der Waals surface area contributed by atoms with Gasteiger partial charge in [-0.15, -0.1) is 0 Å². The molecule has 2 aliphatic heterocycles. The molecular weight excluding hydrogens is 279 g/mol. The second-order valence-corrected chi connectivity index (χ2v) is 6.22. The first-order valence-electron chi connectivity index (χ1n) is 7.41. The molecule has 1 N–H and O–H groups in total. The number of fused-ring (bicyclic) bond motifs is 1. The van der Waals surface area contributed by atoms with E-state index in [-0.39, 0.29) is 30.6 Å². The molecule has 0 aromatic heterocycles. The monoisotopic (exact) mass is 296 g/mol. The van der Waals surface area contributed by atoms with Gasteiger partial charge < -0.3 is 4.90 Å². The van der Waals surface area contributed by atoms with E-state index < -0.39 is 11.3 Å². The molecule has 1 saturated heterocycles. The molecule has 0 spiro atoms. The summed E-state index contributed by atoms with van der Waals surface area (Å²) in [6, 6.07) is 5.61. The number of carbonyl (C=O) groups excluding carboxylic acids is 3. The van der Waals surface area contributed by atoms with Crippen LogP contribution in [0.25, 0.3) is 0 Å². The Bertz CT molecular complexity index is 686. The van der Waals surface area contributed by atoms with Crippen LogP contribution in [0.1, 0.15) is 54.1 Å². The minimum Gasteiger partial charge on any atom is -0.328 e. The minimum atomic E-state index is -1.46. The van der Waals surface area contributed by atoms with Gasteiger partial charge in [0.15, 0.2) is 0 Å². The van der Waals surface area contributed by atoms with Crippen LogP contribution in [0, 0.1) is 0 Å². The Labute approximate surface area is 130 Å². The van der Waals surface area contributed by atoms with E-state index in [1.165, 1.54) is 4.90 Å². The van der Waals surface area contributed by atoms with Gasteiger partial charge >= 0.3 is 0 Å². The molecule has 1 aromatic rings. The molecule has 0 saturated carbocycles. The molecule has 0 bridgehead atoms. The Balaban J connectivity index is 1.99. The molecule has 1 unspecified atom stereocenters. The lowest BCUT2D eigenvalue weighted by atomic mass is 9.70. The number of amides is 3. The average molecular weight is 296 g/mol. The van der Waals surface area contributed by atoms with E-state index in [0.29, 0.717) is 12.1 Å². The number of imide groups is 1. The van der Waals surface area contributed by atoms with Crippen molar-refractivity contribution < 1.29 is 14.4 Å². The first-order chi connectivity index (χ1) is 10.3. The number of nitrogens with zero attached hydrogens (tertiary/aromatic N) is 1. The van der Waals surface area contributed by atoms with Crippen molar-refractivity contribution in [3.8, 4) is 0 Å². The van der Waals surface area contributed by atoms with Crippen molar-refractivity contribution in [2.24, 2.45) is 0 Å². The van der Waals surface area contributed by atoms with Crippen LogP contribution in [0.5, 0.6) is 0 Å². The highest BCUT2D eigenvalue weighted by atomic mass is 16.2. The quantitative estimate of drug-likeness (QED) is 0.655. The normalized spacial score (nSPS) is 24.7. The Morgan fingerprint density at radius 2 is 2.00 bits per heavy atom. The molecule has 22 heavy (non-hydrogen) atoms. The highest BCUT2D eigenvalue weighted by Crippen LogP contribution is 2.35. The second-order valence-electron chi connectivity index (χ2n) is 6.22. The van der Waals surface area contributed by atoms with Gasteiger partial charge in [-0.1, -0.05) is 26.0 Å². The molecule has 1 aromatic carbocycles. The Morgan fingerprint density at radius 3 is 2.64 bits per heavy atom. The maximum Gasteiger partial charge on any atom is 0.254 e. The highest BCUT2D eigenvalue weighted by molar-refractivity contribution is 6.32. The number of hydrogen-bond donors (Lipinski definition) is 1. The third-order valence-corrected chi connectivity index (χ3v) is 4.49. The molecule has 3 amide bonds. The van der Waals surface area contributed by atoms with Crippen molar-refractivity contribution in [2.75, 3.05) is 0 Å². The second kappa shape index (κ2) is 4.97. The average Bonchev–Trinajstić information content (AvgIpc) is 2.81. The molecule has 5 nitrogen and oxygen atoms in total. The number of carbonyl (C=O) groups is 3. The van der Waals surface area contributed by atoms with E-state index in [9.17, 15) is 14.4 Å². The lowest BCUT2D eigenvalue weighted by molar-refractivity contribution is -0.138. The van der Waals surface area contributed by atoms with Gasteiger partial charge in [-0.05, 0) is 29.5 Å². The summed E-state index contributed by atoms with van der Waals surface area (Å²) in [5.74, 6) is -0.920. The summed E-state index contributed by atoms with van der Waals surface area (Å²) in [7, 11) is 6.21. The lowest BCUT2D eigenvalue weighted by Gasteiger charge is -2.40. The van der Waals surface area contributed by atoms with Crippen LogP contribution < -0.4 is 5.32 Å². The van der Waals surface area contributed by atoms with Gasteiger partial charge in [0.05, 0.1) is 5.44 Å². The van der Waals surface area contributed by atoms with Gasteiger partial charge in [-0.3, -0.25) is 19.7 Å². The molecule has 2 aliphatic rings. The molecule has 2 heterocycles. The van der Waals surface area contributed by atoms with Crippen molar-refractivity contribution in [1.82, 2.24) is 10.2 Å². The van der Waals surface area contributed by atoms with Gasteiger partial charge in [0.1, 0.15) is 7.85 Å². The summed E-state index contributed by atoms with van der Waals surface area (Å²) in [5.41, 5.74) is 1.15. The van der Waals surface area contributed by atoms with Crippen LogP contribution in [0.2, 0.25) is 0 Å². The van der Waals surface area contributed by atoms with Crippen molar-refractivity contribution in [3.63, 3.8) is 0 Å². The van der Waals surface area contributed by atoms with Crippen LogP contribution in [-0.2, 0) is 16.1 Å². The van der Waals surface area contributed by atoms with E-state index in [0.717, 1.165) is 11.1 Å². The summed E-state index contributed by atoms with van der Waals surface area (Å²) in [5, 5.41) is 2.23. The van der Waals surface area contributed by atoms with E-state index in [4.69, 9.17) is 7.85 Å². The van der Waals surface area contributed by atoms with Crippen molar-refractivity contribution in [3.05, 3.63) is 34.9 Å². The van der Waals surface area contributed by atoms with E-state index >= 15 is 0 Å². The van der Waals surface area contributed by atoms with Gasteiger partial charge in [0.25, 0.3) is 5.91 Å². The van der Waals surface area contributed by atoms with Crippen LogP contribution in [0.4, 0.5) is 0 Å². The zero-order chi connectivity index (χ0) is 16.1. The smallest absolute Gasteiger partial charge is 0.254 e. The summed E-state index contributed by atoms with van der Waals surface area (Å²) in [6.45, 7) is 4.43. The van der Waals surface area contributed by atoms with Crippen LogP contribution in [-0.4, -0.2) is 35.9 Å². The predicted molar refractivity (Wildman–Crippen MR) is 81.3 cm³/mol. The maximum atomic E-state index is 12.7. The number of nitrogens with one attached hydrogen (secondary N) is 1. The van der Waals surface area contributed by atoms with E-state index in [1.54, 1.807) is 6.07 Å². The van der Waals surface area contributed by atoms with Crippen LogP contribution in [0.3, 0.4) is 0 Å². The highest BCUT2D eigenvalue weighted by Gasteiger charge is 2.48. The fraction of sp³-hybridized carbons (Fsp3) is 0.438. The van der Waals surface area contributed by atoms with Crippen LogP contribution in [0.15, 0.2) is 18.2 Å². The number of benzene rings is 1. The van der Waals surface area contributed by atoms with E-state index in [2.05, 4.69) is 19.2 Å². The lowest BCUT2D eigenvalue weighted by Crippen LogP contribution is -2.63. The van der Waals surface area contributed by atoms with Crippen molar-refractivity contribution in [2.45, 2.75) is 44.6 Å². The molecule has 6 heteroatoms. The third-order valence-electron chi connectivity index (χ3n) is 4.49. The van der Waals surface area contributed by atoms with Crippen molar-refractivity contribution in [1.29, 1.82) is 0 Å². The van der Waals surface area contributed by atoms with Gasteiger partial charge in [-0.25, -0.2) is 0 Å². The number of rotatable bonds is 2. The first-order valence-corrected chi connectivity index (χ1v) is 7.41. The van der Waals surface area contributed by atoms with Gasteiger partial charge in [0, 0.05) is 18.5 Å². The predicted octanol–water partition coefficient (Wildman–Crippen LogP) is 1.07. The third kappa shape index (κ3) is 2.05. The topological polar surface area (TPSA) is 66.5 Å². The fourth-order valence-electron chi connectivity index (χ4n) is 3.19. The summed E-state index contributed by atoms with van der Waals surface area (Å²) < 4.78 is 0. The Hall–Kier alpha value is -2.11. The fourth-order valence-corrected chi connectivity index (χ4v) is 3.19. The molecule has 2 radical (unpaired) electrons. The van der Waals surface area contributed by atoms with Crippen LogP contribution >= 0.6 is 0 Å². The van der Waals surface area contributed by atoms with Crippen molar-refractivity contribution >= 4 is 25.6 Å². The standard InChI is InChI=1S/C16H17BN2O3/c1-9(2)10-4-3-5-11-12(10)8-19(14(11)21)16(17)7-6-13(20)18-15(16)22/h3-5,9H,6-8H2,1-2H3,(H,18,20,22). The summed E-state index contributed by atoms with van der Waals surface area (Å²) in [6.07, 6.45) is 0.286. The van der Waals surface area contributed by atoms with Gasteiger partial charge in [-0.2, -0.15) is 0 Å². The number of piperidine rings is 1. The summed E-state index contributed by atoms with van der Waals surface area (Å²) in [4.78, 5) is 37.6. The zero-order valence-electron chi connectivity index (χ0n) is 12.7. The SMILES string of the molecule is [B]C1(N2Cc3c(cccc3C(C)C)C2=O)CCC(=O)NC1=O. The molecule has 3 rings (SSSR count). The molecule has 112 valence electrons. The maximum absolute atomic E-state index is 12.7. The minimum absolute atomic E-state index is 0.138. The largest absolute Gasteiger partial charge is 0.328 e. The molecule has 0 aliphatic carbocycles. The molecule has 1 fully saturated rings. The Kier molecular flexibility index (Phi) is 3.35. The summed E-state index contributed by atoms with van der Waals surface area (Å²) >= 11 is 0. The first kappa shape index (κ1) is 14.8. The Morgan fingerprint density at radius 1 is 1.27 bits per heavy atom. The van der Waals surface area contributed by atoms with E-state index in [1.807, 2.05) is 12.1 Å². The van der Waals surface area contributed by atoms with Gasteiger partial charge in [0.2, 0.25) is 11.8 Å². The molecule has 1 atom stereocenters. The molecular formula is C16H17BN2O3. The number of hydrogen-bond acceptors (Lipinski definition) is 3.